The molecule has 0 bridgehead atoms. The fourth-order valence-corrected chi connectivity index (χ4v) is 2.48. The van der Waals surface area contributed by atoms with Crippen molar-refractivity contribution in [3.05, 3.63) is 47.4 Å². The minimum atomic E-state index is -0.408. The molecule has 1 unspecified atom stereocenters. The van der Waals surface area contributed by atoms with Crippen LogP contribution in [0.2, 0.25) is 0 Å². The van der Waals surface area contributed by atoms with Gasteiger partial charge in [0.1, 0.15) is 5.82 Å². The van der Waals surface area contributed by atoms with Crippen molar-refractivity contribution in [1.82, 2.24) is 15.5 Å². The van der Waals surface area contributed by atoms with E-state index in [0.717, 1.165) is 6.42 Å². The van der Waals surface area contributed by atoms with Crippen LogP contribution in [0.25, 0.3) is 22.4 Å². The fourth-order valence-electron chi connectivity index (χ4n) is 2.48. The number of hydrogen-bond donors (Lipinski definition) is 1. The molecule has 1 N–H and O–H groups in total. The van der Waals surface area contributed by atoms with E-state index >= 15 is 0 Å². The van der Waals surface area contributed by atoms with Gasteiger partial charge in [-0.3, -0.25) is 4.79 Å². The van der Waals surface area contributed by atoms with Gasteiger partial charge in [-0.1, -0.05) is 24.2 Å². The lowest BCUT2D eigenvalue weighted by Gasteiger charge is -2.12. The van der Waals surface area contributed by atoms with Gasteiger partial charge in [0.15, 0.2) is 0 Å². The van der Waals surface area contributed by atoms with Crippen molar-refractivity contribution in [2.24, 2.45) is 0 Å². The van der Waals surface area contributed by atoms with E-state index in [1.165, 1.54) is 6.07 Å². The van der Waals surface area contributed by atoms with Crippen LogP contribution < -0.4 is 5.32 Å². The molecule has 3 aromatic rings. The number of carbonyl (C=O) groups is 1. The van der Waals surface area contributed by atoms with Gasteiger partial charge in [0, 0.05) is 11.6 Å². The minimum Gasteiger partial charge on any atom is -0.350 e. The second kappa shape index (κ2) is 6.39. The number of aromatic nitrogens is 2. The van der Waals surface area contributed by atoms with E-state index in [9.17, 15) is 9.18 Å². The SMILES string of the molecule is CCC(C)NC(=O)c1cc(-c2ccccc2F)nc2onc(C)c12. The lowest BCUT2D eigenvalue weighted by atomic mass is 10.0. The molecule has 1 aromatic carbocycles. The Kier molecular flexibility index (Phi) is 4.29. The van der Waals surface area contributed by atoms with Gasteiger partial charge in [0.05, 0.1) is 22.3 Å². The number of carbonyl (C=O) groups excluding carboxylic acids is 1. The van der Waals surface area contributed by atoms with Crippen molar-refractivity contribution in [2.75, 3.05) is 0 Å². The van der Waals surface area contributed by atoms with E-state index in [4.69, 9.17) is 4.52 Å². The molecule has 2 heterocycles. The molecule has 24 heavy (non-hydrogen) atoms. The van der Waals surface area contributed by atoms with Crippen molar-refractivity contribution >= 4 is 17.0 Å². The number of hydrogen-bond acceptors (Lipinski definition) is 4. The van der Waals surface area contributed by atoms with Gasteiger partial charge in [0.2, 0.25) is 0 Å². The predicted molar refractivity (Wildman–Crippen MR) is 89.2 cm³/mol. The minimum absolute atomic E-state index is 0.0257. The Balaban J connectivity index is 2.18. The Labute approximate surface area is 138 Å². The number of aryl methyl sites for hydroxylation is 1. The first kappa shape index (κ1) is 16.1. The smallest absolute Gasteiger partial charge is 0.259 e. The molecule has 1 amide bonds. The molecule has 0 aliphatic rings. The van der Waals surface area contributed by atoms with Gasteiger partial charge >= 0.3 is 0 Å². The van der Waals surface area contributed by atoms with Gasteiger partial charge in [-0.05, 0) is 38.5 Å². The van der Waals surface area contributed by atoms with Gasteiger partial charge in [-0.2, -0.15) is 0 Å². The zero-order valence-corrected chi connectivity index (χ0v) is 13.8. The first-order valence-corrected chi connectivity index (χ1v) is 7.84. The van der Waals surface area contributed by atoms with E-state index in [0.29, 0.717) is 27.9 Å². The van der Waals surface area contributed by atoms with Crippen molar-refractivity contribution in [1.29, 1.82) is 0 Å². The van der Waals surface area contributed by atoms with E-state index in [1.807, 2.05) is 13.8 Å². The quantitative estimate of drug-likeness (QED) is 0.790. The van der Waals surface area contributed by atoms with Crippen molar-refractivity contribution < 1.29 is 13.7 Å². The van der Waals surface area contributed by atoms with Crippen LogP contribution in [0, 0.1) is 12.7 Å². The van der Waals surface area contributed by atoms with Crippen LogP contribution >= 0.6 is 0 Å². The van der Waals surface area contributed by atoms with E-state index < -0.39 is 5.82 Å². The molecule has 6 heteroatoms. The Bertz CT molecular complexity index is 904. The summed E-state index contributed by atoms with van der Waals surface area (Å²) in [6.07, 6.45) is 0.808. The number of rotatable bonds is 4. The van der Waals surface area contributed by atoms with Crippen molar-refractivity contribution in [3.8, 4) is 11.3 Å². The number of halogens is 1. The molecular weight excluding hydrogens is 309 g/mol. The monoisotopic (exact) mass is 327 g/mol. The zero-order valence-electron chi connectivity index (χ0n) is 13.8. The number of amides is 1. The summed E-state index contributed by atoms with van der Waals surface area (Å²) in [5.74, 6) is -0.658. The third kappa shape index (κ3) is 2.87. The Morgan fingerprint density at radius 3 is 2.83 bits per heavy atom. The molecule has 0 radical (unpaired) electrons. The standard InChI is InChI=1S/C18H18FN3O2/c1-4-10(2)20-17(23)13-9-15(12-7-5-6-8-14(12)19)21-18-16(13)11(3)22-24-18/h5-10H,4H2,1-3H3,(H,20,23). The molecule has 3 rings (SSSR count). The Morgan fingerprint density at radius 1 is 1.38 bits per heavy atom. The molecule has 0 aliphatic heterocycles. The van der Waals surface area contributed by atoms with Crippen LogP contribution in [0.15, 0.2) is 34.9 Å². The van der Waals surface area contributed by atoms with E-state index in [-0.39, 0.29) is 17.7 Å². The molecule has 0 saturated carbocycles. The van der Waals surface area contributed by atoms with Crippen molar-refractivity contribution in [3.63, 3.8) is 0 Å². The average Bonchev–Trinajstić information content (AvgIpc) is 2.95. The predicted octanol–water partition coefficient (Wildman–Crippen LogP) is 3.87. The normalized spacial score (nSPS) is 12.3. The lowest BCUT2D eigenvalue weighted by Crippen LogP contribution is -2.32. The molecule has 0 fully saturated rings. The summed E-state index contributed by atoms with van der Waals surface area (Å²) in [5.41, 5.74) is 1.84. The Morgan fingerprint density at radius 2 is 2.12 bits per heavy atom. The summed E-state index contributed by atoms with van der Waals surface area (Å²) >= 11 is 0. The van der Waals surface area contributed by atoms with E-state index in [1.54, 1.807) is 31.2 Å². The topological polar surface area (TPSA) is 68.0 Å². The number of nitrogens with one attached hydrogen (secondary N) is 1. The van der Waals surface area contributed by atoms with Crippen molar-refractivity contribution in [2.45, 2.75) is 33.2 Å². The Hall–Kier alpha value is -2.76. The van der Waals surface area contributed by atoms with Gasteiger partial charge < -0.3 is 9.84 Å². The molecule has 0 spiro atoms. The zero-order chi connectivity index (χ0) is 17.3. The summed E-state index contributed by atoms with van der Waals surface area (Å²) < 4.78 is 19.3. The maximum absolute atomic E-state index is 14.1. The van der Waals surface area contributed by atoms with Crippen LogP contribution in [-0.4, -0.2) is 22.1 Å². The number of pyridine rings is 1. The summed E-state index contributed by atoms with van der Waals surface area (Å²) in [6.45, 7) is 5.66. The van der Waals surface area contributed by atoms with Crippen LogP contribution in [0.4, 0.5) is 4.39 Å². The molecule has 0 saturated heterocycles. The summed E-state index contributed by atoms with van der Waals surface area (Å²) in [6, 6.07) is 7.90. The van der Waals surface area contributed by atoms with Gasteiger partial charge in [-0.25, -0.2) is 9.37 Å². The first-order valence-electron chi connectivity index (χ1n) is 7.84. The highest BCUT2D eigenvalue weighted by Crippen LogP contribution is 2.28. The third-order valence-corrected chi connectivity index (χ3v) is 4.00. The van der Waals surface area contributed by atoms with Gasteiger partial charge in [0.25, 0.3) is 11.6 Å². The van der Waals surface area contributed by atoms with E-state index in [2.05, 4.69) is 15.5 Å². The first-order chi connectivity index (χ1) is 11.5. The number of nitrogens with zero attached hydrogens (tertiary/aromatic N) is 2. The van der Waals surface area contributed by atoms with Crippen LogP contribution in [0.1, 0.15) is 36.3 Å². The number of fused-ring (bicyclic) bond motifs is 1. The lowest BCUT2D eigenvalue weighted by molar-refractivity contribution is 0.0941. The highest BCUT2D eigenvalue weighted by atomic mass is 19.1. The van der Waals surface area contributed by atoms with Crippen LogP contribution in [0.3, 0.4) is 0 Å². The molecule has 2 aromatic heterocycles. The highest BCUT2D eigenvalue weighted by molar-refractivity contribution is 6.07. The maximum Gasteiger partial charge on any atom is 0.259 e. The summed E-state index contributed by atoms with van der Waals surface area (Å²) in [5, 5.41) is 7.35. The molecule has 5 nitrogen and oxygen atoms in total. The summed E-state index contributed by atoms with van der Waals surface area (Å²) in [7, 11) is 0. The second-order valence-corrected chi connectivity index (χ2v) is 5.77. The molecule has 0 aliphatic carbocycles. The maximum atomic E-state index is 14.1. The van der Waals surface area contributed by atoms with Crippen LogP contribution in [-0.2, 0) is 0 Å². The molecule has 1 atom stereocenters. The molecular formula is C18H18FN3O2. The average molecular weight is 327 g/mol. The van der Waals surface area contributed by atoms with Crippen LogP contribution in [0.5, 0.6) is 0 Å². The highest BCUT2D eigenvalue weighted by Gasteiger charge is 2.21. The van der Waals surface area contributed by atoms with Gasteiger partial charge in [-0.15, -0.1) is 0 Å². The number of benzene rings is 1. The fraction of sp³-hybridized carbons (Fsp3) is 0.278. The molecule has 124 valence electrons. The second-order valence-electron chi connectivity index (χ2n) is 5.77. The summed E-state index contributed by atoms with van der Waals surface area (Å²) in [4.78, 5) is 17.0. The third-order valence-electron chi connectivity index (χ3n) is 4.00. The largest absolute Gasteiger partial charge is 0.350 e.